The molecule has 108 valence electrons. The Bertz CT molecular complexity index is 613. The van der Waals surface area contributed by atoms with E-state index in [4.69, 9.17) is 10.5 Å². The summed E-state index contributed by atoms with van der Waals surface area (Å²) in [6, 6.07) is 4.36. The zero-order valence-electron chi connectivity index (χ0n) is 11.5. The van der Waals surface area contributed by atoms with Gasteiger partial charge in [-0.05, 0) is 40.5 Å². The Morgan fingerprint density at radius 1 is 1.45 bits per heavy atom. The van der Waals surface area contributed by atoms with Crippen LogP contribution in [0, 0.1) is 5.82 Å². The number of nitrogens with zero attached hydrogens (tertiary/aromatic N) is 2. The molecule has 0 bridgehead atoms. The van der Waals surface area contributed by atoms with E-state index in [1.54, 1.807) is 10.7 Å². The van der Waals surface area contributed by atoms with E-state index in [1.807, 2.05) is 14.0 Å². The van der Waals surface area contributed by atoms with Crippen LogP contribution in [0.1, 0.15) is 23.9 Å². The van der Waals surface area contributed by atoms with Crippen LogP contribution in [0.2, 0.25) is 0 Å². The summed E-state index contributed by atoms with van der Waals surface area (Å²) in [5, 5.41) is 4.40. The number of aryl methyl sites for hydroxylation is 2. The van der Waals surface area contributed by atoms with Crippen LogP contribution in [-0.4, -0.2) is 9.78 Å². The largest absolute Gasteiger partial charge is 0.487 e. The van der Waals surface area contributed by atoms with Gasteiger partial charge in [0.1, 0.15) is 18.2 Å². The first-order chi connectivity index (χ1) is 9.56. The van der Waals surface area contributed by atoms with Crippen molar-refractivity contribution in [2.45, 2.75) is 26.5 Å². The van der Waals surface area contributed by atoms with E-state index in [2.05, 4.69) is 21.0 Å². The van der Waals surface area contributed by atoms with Gasteiger partial charge in [-0.1, -0.05) is 6.92 Å². The number of benzene rings is 1. The van der Waals surface area contributed by atoms with Gasteiger partial charge in [-0.25, -0.2) is 4.39 Å². The van der Waals surface area contributed by atoms with Gasteiger partial charge in [0.2, 0.25) is 0 Å². The highest BCUT2D eigenvalue weighted by Crippen LogP contribution is 2.25. The molecule has 0 amide bonds. The molecule has 0 spiro atoms. The second kappa shape index (κ2) is 6.37. The van der Waals surface area contributed by atoms with Crippen molar-refractivity contribution >= 4 is 15.9 Å². The lowest BCUT2D eigenvalue weighted by Gasteiger charge is -2.11. The molecule has 2 aromatic rings. The molecule has 1 aromatic heterocycles. The molecule has 0 aliphatic heterocycles. The van der Waals surface area contributed by atoms with E-state index in [1.165, 1.54) is 12.1 Å². The van der Waals surface area contributed by atoms with Gasteiger partial charge in [0.15, 0.2) is 0 Å². The fraction of sp³-hybridized carbons (Fsp3) is 0.357. The molecule has 0 fully saturated rings. The first-order valence-corrected chi connectivity index (χ1v) is 7.17. The maximum Gasteiger partial charge on any atom is 0.131 e. The molecule has 0 aliphatic rings. The lowest BCUT2D eigenvalue weighted by Crippen LogP contribution is -2.06. The van der Waals surface area contributed by atoms with Crippen LogP contribution in [0.4, 0.5) is 4.39 Å². The number of ether oxygens (including phenoxy) is 1. The van der Waals surface area contributed by atoms with Crippen molar-refractivity contribution in [3.05, 3.63) is 45.4 Å². The third-order valence-electron chi connectivity index (χ3n) is 3.11. The van der Waals surface area contributed by atoms with Crippen LogP contribution in [0.5, 0.6) is 5.75 Å². The molecule has 0 atom stereocenters. The van der Waals surface area contributed by atoms with Gasteiger partial charge in [-0.2, -0.15) is 5.10 Å². The van der Waals surface area contributed by atoms with E-state index in [0.717, 1.165) is 22.3 Å². The summed E-state index contributed by atoms with van der Waals surface area (Å²) >= 11 is 3.53. The first kappa shape index (κ1) is 15.0. The number of hydrogen-bond acceptors (Lipinski definition) is 3. The van der Waals surface area contributed by atoms with Crippen LogP contribution in [0.25, 0.3) is 0 Å². The molecule has 2 N–H and O–H groups in total. The Labute approximate surface area is 125 Å². The van der Waals surface area contributed by atoms with Crippen molar-refractivity contribution < 1.29 is 9.13 Å². The van der Waals surface area contributed by atoms with E-state index in [0.29, 0.717) is 17.9 Å². The maximum atomic E-state index is 13.1. The quantitative estimate of drug-likeness (QED) is 0.909. The van der Waals surface area contributed by atoms with E-state index in [-0.39, 0.29) is 12.4 Å². The van der Waals surface area contributed by atoms with Gasteiger partial charge in [0.05, 0.1) is 15.9 Å². The Balaban J connectivity index is 2.19. The van der Waals surface area contributed by atoms with Crippen LogP contribution < -0.4 is 10.5 Å². The molecule has 0 radical (unpaired) electrons. The highest BCUT2D eigenvalue weighted by atomic mass is 79.9. The number of nitrogens with two attached hydrogens (primary N) is 1. The minimum Gasteiger partial charge on any atom is -0.487 e. The number of hydrogen-bond donors (Lipinski definition) is 1. The van der Waals surface area contributed by atoms with Crippen LogP contribution in [0.15, 0.2) is 22.7 Å². The van der Waals surface area contributed by atoms with E-state index in [9.17, 15) is 4.39 Å². The standard InChI is InChI=1S/C14H17BrFN3O/c1-3-11-14(15)12(19(2)18-11)8-20-13-5-4-10(16)6-9(13)7-17/h4-6H,3,7-8,17H2,1-2H3. The normalized spacial score (nSPS) is 10.8. The molecule has 6 heteroatoms. The van der Waals surface area contributed by atoms with Gasteiger partial charge >= 0.3 is 0 Å². The second-order valence-corrected chi connectivity index (χ2v) is 5.22. The Kier molecular flexibility index (Phi) is 4.77. The fourth-order valence-corrected chi connectivity index (χ4v) is 2.70. The predicted molar refractivity (Wildman–Crippen MR) is 78.9 cm³/mol. The molecule has 0 saturated carbocycles. The molecular formula is C14H17BrFN3O. The van der Waals surface area contributed by atoms with Crippen molar-refractivity contribution in [3.8, 4) is 5.75 Å². The summed E-state index contributed by atoms with van der Waals surface area (Å²) in [4.78, 5) is 0. The van der Waals surface area contributed by atoms with Crippen molar-refractivity contribution in [2.24, 2.45) is 12.8 Å². The average Bonchev–Trinajstić information content (AvgIpc) is 2.72. The Hall–Kier alpha value is -1.40. The molecule has 4 nitrogen and oxygen atoms in total. The van der Waals surface area contributed by atoms with Crippen molar-refractivity contribution in [1.29, 1.82) is 0 Å². The number of rotatable bonds is 5. The van der Waals surface area contributed by atoms with Crippen LogP contribution >= 0.6 is 15.9 Å². The van der Waals surface area contributed by atoms with Gasteiger partial charge in [-0.15, -0.1) is 0 Å². The number of aromatic nitrogens is 2. The highest BCUT2D eigenvalue weighted by Gasteiger charge is 2.13. The molecular weight excluding hydrogens is 325 g/mol. The van der Waals surface area contributed by atoms with Crippen molar-refractivity contribution in [1.82, 2.24) is 9.78 Å². The van der Waals surface area contributed by atoms with E-state index < -0.39 is 0 Å². The third kappa shape index (κ3) is 3.02. The van der Waals surface area contributed by atoms with Crippen molar-refractivity contribution in [3.63, 3.8) is 0 Å². The average molecular weight is 342 g/mol. The summed E-state index contributed by atoms with van der Waals surface area (Å²) < 4.78 is 21.6. The predicted octanol–water partition coefficient (Wildman–Crippen LogP) is 2.92. The number of halogens is 2. The Morgan fingerprint density at radius 3 is 2.80 bits per heavy atom. The SMILES string of the molecule is CCc1nn(C)c(COc2ccc(F)cc2CN)c1Br. The van der Waals surface area contributed by atoms with Gasteiger partial charge < -0.3 is 10.5 Å². The molecule has 1 heterocycles. The molecule has 0 saturated heterocycles. The topological polar surface area (TPSA) is 53.1 Å². The van der Waals surface area contributed by atoms with Gasteiger partial charge in [-0.3, -0.25) is 4.68 Å². The Morgan fingerprint density at radius 2 is 2.20 bits per heavy atom. The van der Waals surface area contributed by atoms with Crippen LogP contribution in [-0.2, 0) is 26.6 Å². The lowest BCUT2D eigenvalue weighted by atomic mass is 10.2. The van der Waals surface area contributed by atoms with Crippen LogP contribution in [0.3, 0.4) is 0 Å². The molecule has 1 aromatic carbocycles. The molecule has 20 heavy (non-hydrogen) atoms. The monoisotopic (exact) mass is 341 g/mol. The lowest BCUT2D eigenvalue weighted by molar-refractivity contribution is 0.290. The summed E-state index contributed by atoms with van der Waals surface area (Å²) in [7, 11) is 1.87. The minimum absolute atomic E-state index is 0.236. The van der Waals surface area contributed by atoms with E-state index >= 15 is 0 Å². The van der Waals surface area contributed by atoms with Crippen molar-refractivity contribution in [2.75, 3.05) is 0 Å². The van der Waals surface area contributed by atoms with Gasteiger partial charge in [0, 0.05) is 19.2 Å². The van der Waals surface area contributed by atoms with Gasteiger partial charge in [0.25, 0.3) is 0 Å². The third-order valence-corrected chi connectivity index (χ3v) is 4.03. The highest BCUT2D eigenvalue weighted by molar-refractivity contribution is 9.10. The summed E-state index contributed by atoms with van der Waals surface area (Å²) in [6.45, 7) is 2.63. The summed E-state index contributed by atoms with van der Waals surface area (Å²) in [6.07, 6.45) is 0.846. The smallest absolute Gasteiger partial charge is 0.131 e. The first-order valence-electron chi connectivity index (χ1n) is 6.38. The fourth-order valence-electron chi connectivity index (χ4n) is 1.97. The summed E-state index contributed by atoms with van der Waals surface area (Å²) in [5.41, 5.74) is 8.18. The molecule has 0 unspecified atom stereocenters. The zero-order valence-corrected chi connectivity index (χ0v) is 13.1. The molecule has 0 aliphatic carbocycles. The zero-order chi connectivity index (χ0) is 14.7. The maximum absolute atomic E-state index is 13.1. The molecule has 2 rings (SSSR count). The minimum atomic E-state index is -0.312. The summed E-state index contributed by atoms with van der Waals surface area (Å²) in [5.74, 6) is 0.285. The second-order valence-electron chi connectivity index (χ2n) is 4.43.